The maximum Gasteiger partial charge on any atom is 0.218 e. The summed E-state index contributed by atoms with van der Waals surface area (Å²) in [6, 6.07) is 7.81. The number of nitrogens with zero attached hydrogens (tertiary/aromatic N) is 1. The number of hydrogen-bond acceptors (Lipinski definition) is 3. The molecule has 5 heteroatoms. The molecular weight excluding hydrogens is 284 g/mol. The van der Waals surface area contributed by atoms with Crippen LogP contribution in [0.4, 0.5) is 0 Å². The van der Waals surface area contributed by atoms with Gasteiger partial charge in [0.15, 0.2) is 0 Å². The fourth-order valence-electron chi connectivity index (χ4n) is 2.81. The van der Waals surface area contributed by atoms with Gasteiger partial charge >= 0.3 is 0 Å². The normalized spacial score (nSPS) is 20.3. The van der Waals surface area contributed by atoms with E-state index >= 15 is 0 Å². The third-order valence-corrected chi connectivity index (χ3v) is 6.09. The van der Waals surface area contributed by atoms with E-state index in [1.807, 2.05) is 31.3 Å². The van der Waals surface area contributed by atoms with Crippen LogP contribution in [0.3, 0.4) is 0 Å². The minimum absolute atomic E-state index is 0.109. The van der Waals surface area contributed by atoms with Gasteiger partial charge in [-0.2, -0.15) is 0 Å². The Labute approximate surface area is 128 Å². The second-order valence-electron chi connectivity index (χ2n) is 6.25. The van der Waals surface area contributed by atoms with Crippen molar-refractivity contribution >= 4 is 10.0 Å². The predicted octanol–water partition coefficient (Wildman–Crippen LogP) is 2.21. The largest absolute Gasteiger partial charge is 0.316 e. The molecule has 21 heavy (non-hydrogen) atoms. The molecule has 1 heterocycles. The topological polar surface area (TPSA) is 49.4 Å². The third-order valence-electron chi connectivity index (χ3n) is 4.28. The number of rotatable bonds is 6. The molecule has 118 valence electrons. The van der Waals surface area contributed by atoms with Crippen molar-refractivity contribution < 1.29 is 8.42 Å². The van der Waals surface area contributed by atoms with Crippen LogP contribution in [0.1, 0.15) is 31.4 Å². The van der Waals surface area contributed by atoms with E-state index in [0.717, 1.165) is 18.5 Å². The monoisotopic (exact) mass is 310 g/mol. The molecule has 1 atom stereocenters. The summed E-state index contributed by atoms with van der Waals surface area (Å²) < 4.78 is 26.7. The van der Waals surface area contributed by atoms with E-state index in [0.29, 0.717) is 24.9 Å². The van der Waals surface area contributed by atoms with Crippen LogP contribution < -0.4 is 5.32 Å². The van der Waals surface area contributed by atoms with Crippen molar-refractivity contribution in [1.29, 1.82) is 0 Å². The molecule has 1 aromatic carbocycles. The van der Waals surface area contributed by atoms with Gasteiger partial charge in [-0.15, -0.1) is 0 Å². The fourth-order valence-corrected chi connectivity index (χ4v) is 4.41. The smallest absolute Gasteiger partial charge is 0.218 e. The minimum atomic E-state index is -3.19. The summed E-state index contributed by atoms with van der Waals surface area (Å²) in [6.45, 7) is 6.48. The molecule has 1 aliphatic rings. The summed E-state index contributed by atoms with van der Waals surface area (Å²) in [5.74, 6) is 1.15. The van der Waals surface area contributed by atoms with Gasteiger partial charge in [-0.1, -0.05) is 38.1 Å². The third kappa shape index (κ3) is 4.28. The highest BCUT2D eigenvalue weighted by atomic mass is 32.2. The lowest BCUT2D eigenvalue weighted by Gasteiger charge is -2.18. The summed E-state index contributed by atoms with van der Waals surface area (Å²) in [6.07, 6.45) is 0.984. The second-order valence-corrected chi connectivity index (χ2v) is 8.22. The molecule has 0 amide bonds. The Balaban J connectivity index is 2.01. The molecule has 0 saturated carbocycles. The van der Waals surface area contributed by atoms with Crippen LogP contribution in [0.25, 0.3) is 0 Å². The van der Waals surface area contributed by atoms with Crippen LogP contribution in [0, 0.1) is 11.8 Å². The molecule has 1 saturated heterocycles. The number of hydrogen-bond donors (Lipinski definition) is 1. The Morgan fingerprint density at radius 3 is 2.38 bits per heavy atom. The van der Waals surface area contributed by atoms with Gasteiger partial charge in [0.05, 0.1) is 5.75 Å². The Morgan fingerprint density at radius 2 is 1.86 bits per heavy atom. The first-order chi connectivity index (χ1) is 9.92. The molecule has 1 unspecified atom stereocenters. The zero-order chi connectivity index (χ0) is 15.5. The van der Waals surface area contributed by atoms with Crippen LogP contribution in [0.2, 0.25) is 0 Å². The predicted molar refractivity (Wildman–Crippen MR) is 86.3 cm³/mol. The first-order valence-corrected chi connectivity index (χ1v) is 9.23. The highest BCUT2D eigenvalue weighted by Crippen LogP contribution is 2.26. The van der Waals surface area contributed by atoms with Crippen LogP contribution in [0.15, 0.2) is 24.3 Å². The molecule has 1 fully saturated rings. The molecule has 1 aromatic rings. The first-order valence-electron chi connectivity index (χ1n) is 7.62. The van der Waals surface area contributed by atoms with Crippen molar-refractivity contribution in [2.45, 2.75) is 32.6 Å². The van der Waals surface area contributed by atoms with Crippen molar-refractivity contribution in [3.8, 4) is 0 Å². The molecule has 4 nitrogen and oxygen atoms in total. The summed E-state index contributed by atoms with van der Waals surface area (Å²) in [7, 11) is -1.29. The summed E-state index contributed by atoms with van der Waals surface area (Å²) in [4.78, 5) is 0. The van der Waals surface area contributed by atoms with Crippen LogP contribution >= 0.6 is 0 Å². The molecule has 0 aromatic heterocycles. The lowest BCUT2D eigenvalue weighted by molar-refractivity contribution is 0.388. The fraction of sp³-hybridized carbons (Fsp3) is 0.625. The van der Waals surface area contributed by atoms with Crippen molar-refractivity contribution in [2.24, 2.45) is 11.8 Å². The average molecular weight is 310 g/mol. The number of benzene rings is 1. The molecular formula is C16H26N2O2S. The van der Waals surface area contributed by atoms with Gasteiger partial charge in [-0.05, 0) is 36.4 Å². The van der Waals surface area contributed by atoms with Gasteiger partial charge in [0, 0.05) is 19.6 Å². The van der Waals surface area contributed by atoms with E-state index in [1.165, 1.54) is 5.56 Å². The Morgan fingerprint density at radius 1 is 1.24 bits per heavy atom. The SMILES string of the molecule is CNCc1ccc(CS(=O)(=O)N2CCC(C(C)C)C2)cc1. The summed E-state index contributed by atoms with van der Waals surface area (Å²) in [5, 5.41) is 3.09. The number of sulfonamides is 1. The molecule has 1 N–H and O–H groups in total. The van der Waals surface area contributed by atoms with Gasteiger partial charge in [0.1, 0.15) is 0 Å². The minimum Gasteiger partial charge on any atom is -0.316 e. The van der Waals surface area contributed by atoms with E-state index < -0.39 is 10.0 Å². The van der Waals surface area contributed by atoms with Gasteiger partial charge in [0.25, 0.3) is 0 Å². The molecule has 0 spiro atoms. The molecule has 0 radical (unpaired) electrons. The second kappa shape index (κ2) is 6.90. The van der Waals surface area contributed by atoms with Crippen molar-refractivity contribution in [2.75, 3.05) is 20.1 Å². The lowest BCUT2D eigenvalue weighted by atomic mass is 9.96. The van der Waals surface area contributed by atoms with Crippen LogP contribution in [0.5, 0.6) is 0 Å². The van der Waals surface area contributed by atoms with Crippen molar-refractivity contribution in [1.82, 2.24) is 9.62 Å². The van der Waals surface area contributed by atoms with Crippen LogP contribution in [-0.4, -0.2) is 32.9 Å². The Kier molecular flexibility index (Phi) is 5.41. The van der Waals surface area contributed by atoms with Gasteiger partial charge in [0.2, 0.25) is 10.0 Å². The summed E-state index contributed by atoms with van der Waals surface area (Å²) >= 11 is 0. The zero-order valence-corrected chi connectivity index (χ0v) is 14.0. The van der Waals surface area contributed by atoms with E-state index in [2.05, 4.69) is 19.2 Å². The standard InChI is InChI=1S/C16H26N2O2S/c1-13(2)16-8-9-18(11-16)21(19,20)12-15-6-4-14(5-7-15)10-17-3/h4-7,13,16-17H,8-12H2,1-3H3. The molecule has 0 bridgehead atoms. The Bertz CT molecular complexity index is 552. The van der Waals surface area contributed by atoms with E-state index in [9.17, 15) is 8.42 Å². The average Bonchev–Trinajstić information content (AvgIpc) is 2.92. The summed E-state index contributed by atoms with van der Waals surface area (Å²) in [5.41, 5.74) is 2.03. The maximum atomic E-state index is 12.5. The Hall–Kier alpha value is -0.910. The van der Waals surface area contributed by atoms with Gasteiger partial charge < -0.3 is 5.32 Å². The molecule has 2 rings (SSSR count). The lowest BCUT2D eigenvalue weighted by Crippen LogP contribution is -2.30. The molecule has 1 aliphatic heterocycles. The van der Waals surface area contributed by atoms with Crippen molar-refractivity contribution in [3.05, 3.63) is 35.4 Å². The highest BCUT2D eigenvalue weighted by molar-refractivity contribution is 7.88. The van der Waals surface area contributed by atoms with Gasteiger partial charge in [-0.25, -0.2) is 12.7 Å². The molecule has 0 aliphatic carbocycles. The number of nitrogens with one attached hydrogen (secondary N) is 1. The van der Waals surface area contributed by atoms with Crippen molar-refractivity contribution in [3.63, 3.8) is 0 Å². The maximum absolute atomic E-state index is 12.5. The van der Waals surface area contributed by atoms with E-state index in [4.69, 9.17) is 0 Å². The quantitative estimate of drug-likeness (QED) is 0.876. The first kappa shape index (κ1) is 16.5. The highest BCUT2D eigenvalue weighted by Gasteiger charge is 2.32. The van der Waals surface area contributed by atoms with E-state index in [-0.39, 0.29) is 5.75 Å². The van der Waals surface area contributed by atoms with Gasteiger partial charge in [-0.3, -0.25) is 0 Å². The van der Waals surface area contributed by atoms with E-state index in [1.54, 1.807) is 4.31 Å². The zero-order valence-electron chi connectivity index (χ0n) is 13.2. The van der Waals surface area contributed by atoms with Crippen LogP contribution in [-0.2, 0) is 22.3 Å².